The fraction of sp³-hybridized carbons (Fsp3) is 0.235. The van der Waals surface area contributed by atoms with Gasteiger partial charge in [0, 0.05) is 17.8 Å². The van der Waals surface area contributed by atoms with Crippen LogP contribution in [-0.4, -0.2) is 32.2 Å². The Bertz CT molecular complexity index is 849. The van der Waals surface area contributed by atoms with Crippen LogP contribution in [0.3, 0.4) is 0 Å². The van der Waals surface area contributed by atoms with E-state index < -0.39 is 15.9 Å². The second-order valence-electron chi connectivity index (χ2n) is 5.59. The van der Waals surface area contributed by atoms with Gasteiger partial charge in [-0.05, 0) is 55.3 Å². The highest BCUT2D eigenvalue weighted by molar-refractivity contribution is 7.89. The van der Waals surface area contributed by atoms with Crippen LogP contribution < -0.4 is 5.32 Å². The van der Waals surface area contributed by atoms with Gasteiger partial charge < -0.3 is 5.32 Å². The molecule has 0 aromatic heterocycles. The van der Waals surface area contributed by atoms with Crippen molar-refractivity contribution in [2.24, 2.45) is 0 Å². The topological polar surface area (TPSA) is 66.5 Å². The van der Waals surface area contributed by atoms with Gasteiger partial charge in [0.25, 0.3) is 0 Å². The van der Waals surface area contributed by atoms with Crippen molar-refractivity contribution in [1.82, 2.24) is 4.31 Å². The van der Waals surface area contributed by atoms with Crippen LogP contribution in [0, 0.1) is 13.8 Å². The molecule has 2 aromatic carbocycles. The lowest BCUT2D eigenvalue weighted by molar-refractivity contribution is -0.116. The van der Waals surface area contributed by atoms with E-state index in [0.29, 0.717) is 16.3 Å². The van der Waals surface area contributed by atoms with E-state index in [1.54, 1.807) is 43.3 Å². The quantitative estimate of drug-likeness (QED) is 0.883. The van der Waals surface area contributed by atoms with Gasteiger partial charge in [0.05, 0.1) is 11.4 Å². The Labute approximate surface area is 147 Å². The first kappa shape index (κ1) is 18.4. The standard InChI is InChI=1S/C17H19ClN2O3S/c1-12-4-5-13(2)16(10-12)24(22,23)20(3)11-17(21)19-15-8-6-14(18)7-9-15/h4-10H,11H2,1-3H3,(H,19,21). The van der Waals surface area contributed by atoms with E-state index in [1.165, 1.54) is 7.05 Å². The number of nitrogens with one attached hydrogen (secondary N) is 1. The van der Waals surface area contributed by atoms with E-state index in [4.69, 9.17) is 11.6 Å². The minimum atomic E-state index is -3.73. The van der Waals surface area contributed by atoms with E-state index in [1.807, 2.05) is 13.0 Å². The van der Waals surface area contributed by atoms with Crippen molar-refractivity contribution in [2.75, 3.05) is 18.9 Å². The molecule has 0 saturated carbocycles. The maximum Gasteiger partial charge on any atom is 0.243 e. The Morgan fingerprint density at radius 1 is 1.12 bits per heavy atom. The molecule has 0 fully saturated rings. The van der Waals surface area contributed by atoms with Crippen molar-refractivity contribution in [3.63, 3.8) is 0 Å². The lowest BCUT2D eigenvalue weighted by atomic mass is 10.2. The Hall–Kier alpha value is -1.89. The van der Waals surface area contributed by atoms with Gasteiger partial charge in [-0.1, -0.05) is 23.7 Å². The summed E-state index contributed by atoms with van der Waals surface area (Å²) in [6.07, 6.45) is 0. The number of carbonyl (C=O) groups is 1. The highest BCUT2D eigenvalue weighted by Gasteiger charge is 2.24. The van der Waals surface area contributed by atoms with E-state index in [9.17, 15) is 13.2 Å². The normalized spacial score (nSPS) is 11.5. The second kappa shape index (κ2) is 7.34. The molecule has 128 valence electrons. The molecule has 1 N–H and O–H groups in total. The number of sulfonamides is 1. The fourth-order valence-electron chi connectivity index (χ4n) is 2.17. The van der Waals surface area contributed by atoms with Crippen LogP contribution in [-0.2, 0) is 14.8 Å². The Balaban J connectivity index is 2.12. The van der Waals surface area contributed by atoms with Crippen molar-refractivity contribution < 1.29 is 13.2 Å². The summed E-state index contributed by atoms with van der Waals surface area (Å²) >= 11 is 5.79. The van der Waals surface area contributed by atoms with Crippen LogP contribution in [0.15, 0.2) is 47.4 Å². The summed E-state index contributed by atoms with van der Waals surface area (Å²) in [5.41, 5.74) is 2.05. The molecule has 0 aliphatic rings. The highest BCUT2D eigenvalue weighted by Crippen LogP contribution is 2.20. The minimum absolute atomic E-state index is 0.212. The summed E-state index contributed by atoms with van der Waals surface area (Å²) < 4.78 is 26.4. The van der Waals surface area contributed by atoms with Gasteiger partial charge in [0.15, 0.2) is 0 Å². The molecule has 0 atom stereocenters. The lowest BCUT2D eigenvalue weighted by Crippen LogP contribution is -2.35. The molecular formula is C17H19ClN2O3S. The summed E-state index contributed by atoms with van der Waals surface area (Å²) in [7, 11) is -2.35. The summed E-state index contributed by atoms with van der Waals surface area (Å²) in [4.78, 5) is 12.3. The van der Waals surface area contributed by atoms with Crippen molar-refractivity contribution in [1.29, 1.82) is 0 Å². The maximum absolute atomic E-state index is 12.7. The summed E-state index contributed by atoms with van der Waals surface area (Å²) in [5, 5.41) is 3.20. The number of likely N-dealkylation sites (N-methyl/N-ethyl adjacent to an activating group) is 1. The molecule has 0 aliphatic heterocycles. The predicted octanol–water partition coefficient (Wildman–Crippen LogP) is 3.22. The third-order valence-corrected chi connectivity index (χ3v) is 5.72. The predicted molar refractivity (Wildman–Crippen MR) is 95.8 cm³/mol. The summed E-state index contributed by atoms with van der Waals surface area (Å²) in [6.45, 7) is 3.28. The van der Waals surface area contributed by atoms with E-state index in [0.717, 1.165) is 9.87 Å². The summed E-state index contributed by atoms with van der Waals surface area (Å²) in [6, 6.07) is 11.8. The number of anilines is 1. The van der Waals surface area contributed by atoms with Crippen molar-refractivity contribution >= 4 is 33.2 Å². The minimum Gasteiger partial charge on any atom is -0.325 e. The molecule has 0 bridgehead atoms. The third kappa shape index (κ3) is 4.35. The molecule has 2 rings (SSSR count). The number of hydrogen-bond donors (Lipinski definition) is 1. The number of aryl methyl sites for hydroxylation is 2. The second-order valence-corrected chi connectivity index (χ2v) is 8.03. The van der Waals surface area contributed by atoms with Crippen LogP contribution in [0.25, 0.3) is 0 Å². The fourth-order valence-corrected chi connectivity index (χ4v) is 3.73. The molecule has 0 saturated heterocycles. The van der Waals surface area contributed by atoms with E-state index >= 15 is 0 Å². The first-order chi connectivity index (χ1) is 11.2. The van der Waals surface area contributed by atoms with Gasteiger partial charge >= 0.3 is 0 Å². The molecule has 0 unspecified atom stereocenters. The first-order valence-corrected chi connectivity index (χ1v) is 9.11. The third-order valence-electron chi connectivity index (χ3n) is 3.53. The smallest absolute Gasteiger partial charge is 0.243 e. The number of nitrogens with zero attached hydrogens (tertiary/aromatic N) is 1. The zero-order valence-corrected chi connectivity index (χ0v) is 15.3. The first-order valence-electron chi connectivity index (χ1n) is 7.29. The number of amides is 1. The molecule has 5 nitrogen and oxygen atoms in total. The van der Waals surface area contributed by atoms with Crippen LogP contribution in [0.2, 0.25) is 5.02 Å². The molecule has 0 aliphatic carbocycles. The summed E-state index contributed by atoms with van der Waals surface area (Å²) in [5.74, 6) is -0.422. The molecular weight excluding hydrogens is 348 g/mol. The van der Waals surface area contributed by atoms with Gasteiger partial charge in [-0.3, -0.25) is 4.79 Å². The number of rotatable bonds is 5. The zero-order valence-electron chi connectivity index (χ0n) is 13.7. The Morgan fingerprint density at radius 3 is 2.38 bits per heavy atom. The van der Waals surface area contributed by atoms with E-state index in [2.05, 4.69) is 5.32 Å². The largest absolute Gasteiger partial charge is 0.325 e. The number of hydrogen-bond acceptors (Lipinski definition) is 3. The molecule has 2 aromatic rings. The monoisotopic (exact) mass is 366 g/mol. The highest BCUT2D eigenvalue weighted by atomic mass is 35.5. The average molecular weight is 367 g/mol. The molecule has 0 radical (unpaired) electrons. The van der Waals surface area contributed by atoms with Crippen molar-refractivity contribution in [3.8, 4) is 0 Å². The Morgan fingerprint density at radius 2 is 1.75 bits per heavy atom. The van der Waals surface area contributed by atoms with Gasteiger partial charge in [0.1, 0.15) is 0 Å². The van der Waals surface area contributed by atoms with Gasteiger partial charge in [-0.2, -0.15) is 4.31 Å². The van der Waals surface area contributed by atoms with E-state index in [-0.39, 0.29) is 11.4 Å². The van der Waals surface area contributed by atoms with Crippen LogP contribution >= 0.6 is 11.6 Å². The van der Waals surface area contributed by atoms with Crippen LogP contribution in [0.5, 0.6) is 0 Å². The van der Waals surface area contributed by atoms with Crippen LogP contribution in [0.4, 0.5) is 5.69 Å². The SMILES string of the molecule is Cc1ccc(C)c(S(=O)(=O)N(C)CC(=O)Nc2ccc(Cl)cc2)c1. The average Bonchev–Trinajstić information content (AvgIpc) is 2.51. The molecule has 1 amide bonds. The molecule has 24 heavy (non-hydrogen) atoms. The lowest BCUT2D eigenvalue weighted by Gasteiger charge is -2.18. The van der Waals surface area contributed by atoms with Gasteiger partial charge in [-0.25, -0.2) is 8.42 Å². The van der Waals surface area contributed by atoms with Crippen LogP contribution in [0.1, 0.15) is 11.1 Å². The maximum atomic E-state index is 12.7. The van der Waals surface area contributed by atoms with Crippen molar-refractivity contribution in [3.05, 3.63) is 58.6 Å². The zero-order chi connectivity index (χ0) is 17.9. The van der Waals surface area contributed by atoms with Crippen molar-refractivity contribution in [2.45, 2.75) is 18.7 Å². The van der Waals surface area contributed by atoms with Gasteiger partial charge in [-0.15, -0.1) is 0 Å². The number of halogens is 1. The number of benzene rings is 2. The van der Waals surface area contributed by atoms with Gasteiger partial charge in [0.2, 0.25) is 15.9 Å². The molecule has 0 heterocycles. The molecule has 7 heteroatoms. The number of carbonyl (C=O) groups excluding carboxylic acids is 1. The Kier molecular flexibility index (Phi) is 5.64. The molecule has 0 spiro atoms.